The van der Waals surface area contributed by atoms with E-state index < -0.39 is 10.0 Å². The number of nitrogens with zero attached hydrogens (tertiary/aromatic N) is 1. The van der Waals surface area contributed by atoms with E-state index in [1.54, 1.807) is 19.1 Å². The molecule has 0 spiro atoms. The number of hydrogen-bond acceptors (Lipinski definition) is 4. The summed E-state index contributed by atoms with van der Waals surface area (Å²) in [5.74, 6) is 0. The Bertz CT molecular complexity index is 561. The average molecular weight is 365 g/mol. The third-order valence-electron chi connectivity index (χ3n) is 3.09. The molecule has 5 nitrogen and oxygen atoms in total. The van der Waals surface area contributed by atoms with Crippen molar-refractivity contribution in [3.8, 4) is 0 Å². The molecule has 0 saturated heterocycles. The van der Waals surface area contributed by atoms with E-state index in [1.165, 1.54) is 4.31 Å². The van der Waals surface area contributed by atoms with E-state index in [1.807, 2.05) is 6.92 Å². The highest BCUT2D eigenvalue weighted by Gasteiger charge is 2.26. The van der Waals surface area contributed by atoms with Crippen LogP contribution in [0, 0.1) is 6.92 Å². The van der Waals surface area contributed by atoms with Gasteiger partial charge in [0.1, 0.15) is 0 Å². The van der Waals surface area contributed by atoms with Gasteiger partial charge in [0.05, 0.1) is 11.5 Å². The van der Waals surface area contributed by atoms with Crippen molar-refractivity contribution in [2.45, 2.75) is 31.6 Å². The number of nitrogens with two attached hydrogens (primary N) is 1. The average Bonchev–Trinajstić information content (AvgIpc) is 2.38. The summed E-state index contributed by atoms with van der Waals surface area (Å²) in [6.07, 6.45) is 1.64. The van der Waals surface area contributed by atoms with Gasteiger partial charge in [0.15, 0.2) is 0 Å². The lowest BCUT2D eigenvalue weighted by Gasteiger charge is -2.22. The summed E-state index contributed by atoms with van der Waals surface area (Å²) >= 11 is 3.27. The maximum Gasteiger partial charge on any atom is 0.243 e. The lowest BCUT2D eigenvalue weighted by Crippen LogP contribution is -2.35. The van der Waals surface area contributed by atoms with E-state index >= 15 is 0 Å². The van der Waals surface area contributed by atoms with Gasteiger partial charge in [0.25, 0.3) is 0 Å². The molecule has 7 heteroatoms. The van der Waals surface area contributed by atoms with E-state index in [0.717, 1.165) is 12.8 Å². The second kappa shape index (κ2) is 7.40. The van der Waals surface area contributed by atoms with Crippen molar-refractivity contribution in [3.05, 3.63) is 22.2 Å². The van der Waals surface area contributed by atoms with Crippen molar-refractivity contribution in [3.63, 3.8) is 0 Å². The summed E-state index contributed by atoms with van der Waals surface area (Å²) in [6, 6.07) is 3.23. The Morgan fingerprint density at radius 1 is 1.35 bits per heavy atom. The van der Waals surface area contributed by atoms with Crippen LogP contribution in [0.4, 0.5) is 5.69 Å². The van der Waals surface area contributed by atoms with Crippen molar-refractivity contribution in [2.24, 2.45) is 0 Å². The first kappa shape index (κ1) is 17.4. The van der Waals surface area contributed by atoms with Crippen molar-refractivity contribution in [2.75, 3.05) is 25.4 Å². The molecule has 20 heavy (non-hydrogen) atoms. The van der Waals surface area contributed by atoms with Gasteiger partial charge in [-0.1, -0.05) is 29.3 Å². The van der Waals surface area contributed by atoms with Crippen molar-refractivity contribution >= 4 is 31.6 Å². The molecule has 0 aliphatic heterocycles. The number of sulfonamides is 1. The van der Waals surface area contributed by atoms with Crippen molar-refractivity contribution < 1.29 is 13.5 Å². The van der Waals surface area contributed by atoms with Crippen LogP contribution < -0.4 is 5.73 Å². The summed E-state index contributed by atoms with van der Waals surface area (Å²) < 4.78 is 27.3. The summed E-state index contributed by atoms with van der Waals surface area (Å²) in [6.45, 7) is 3.96. The summed E-state index contributed by atoms with van der Waals surface area (Å²) in [5.41, 5.74) is 6.79. The van der Waals surface area contributed by atoms with Crippen molar-refractivity contribution in [1.82, 2.24) is 4.31 Å². The fraction of sp³-hybridized carbons (Fsp3) is 0.538. The predicted octanol–water partition coefficient (Wildman–Crippen LogP) is 2.12. The molecule has 0 heterocycles. The number of aliphatic hydroxyl groups is 1. The van der Waals surface area contributed by atoms with Crippen LogP contribution in [-0.2, 0) is 10.0 Å². The number of hydrogen-bond donors (Lipinski definition) is 2. The molecular weight excluding hydrogens is 344 g/mol. The van der Waals surface area contributed by atoms with Crippen LogP contribution in [0.1, 0.15) is 25.3 Å². The number of halogens is 1. The van der Waals surface area contributed by atoms with Gasteiger partial charge in [-0.2, -0.15) is 4.31 Å². The first-order valence-corrected chi connectivity index (χ1v) is 8.74. The van der Waals surface area contributed by atoms with E-state index in [2.05, 4.69) is 15.9 Å². The van der Waals surface area contributed by atoms with Gasteiger partial charge >= 0.3 is 0 Å². The second-order valence-corrected chi connectivity index (χ2v) is 7.42. The molecule has 3 N–H and O–H groups in total. The van der Waals surface area contributed by atoms with Crippen LogP contribution in [0.15, 0.2) is 21.5 Å². The zero-order chi connectivity index (χ0) is 15.3. The van der Waals surface area contributed by atoms with Gasteiger partial charge < -0.3 is 10.8 Å². The third-order valence-corrected chi connectivity index (χ3v) is 5.58. The number of aliphatic hydroxyl groups excluding tert-OH is 1. The molecule has 0 fully saturated rings. The number of unbranched alkanes of at least 4 members (excludes halogenated alkanes) is 1. The Labute approximate surface area is 129 Å². The van der Waals surface area contributed by atoms with Gasteiger partial charge in [0, 0.05) is 23.2 Å². The Balaban J connectivity index is 3.25. The third kappa shape index (κ3) is 3.94. The number of nitrogen functional groups attached to an aromatic ring is 1. The lowest BCUT2D eigenvalue weighted by atomic mass is 10.2. The smallest absolute Gasteiger partial charge is 0.243 e. The number of benzene rings is 1. The molecule has 0 radical (unpaired) electrons. The van der Waals surface area contributed by atoms with E-state index in [4.69, 9.17) is 10.8 Å². The molecule has 0 unspecified atom stereocenters. The summed E-state index contributed by atoms with van der Waals surface area (Å²) in [5, 5.41) is 9.08. The maximum absolute atomic E-state index is 12.7. The molecule has 0 aliphatic rings. The maximum atomic E-state index is 12.7. The number of rotatable bonds is 7. The minimum atomic E-state index is -3.65. The van der Waals surface area contributed by atoms with Gasteiger partial charge in [-0.05, 0) is 31.0 Å². The summed E-state index contributed by atoms with van der Waals surface area (Å²) in [4.78, 5) is 0.189. The van der Waals surface area contributed by atoms with Crippen LogP contribution in [0.25, 0.3) is 0 Å². The molecule has 1 aromatic rings. The van der Waals surface area contributed by atoms with Crippen LogP contribution in [0.2, 0.25) is 0 Å². The molecule has 0 amide bonds. The Kier molecular flexibility index (Phi) is 6.44. The minimum absolute atomic E-state index is 0.0915. The molecule has 1 rings (SSSR count). The molecule has 0 aromatic heterocycles. The fourth-order valence-corrected chi connectivity index (χ4v) is 4.26. The quantitative estimate of drug-likeness (QED) is 0.725. The molecule has 114 valence electrons. The second-order valence-electron chi connectivity index (χ2n) is 4.60. The monoisotopic (exact) mass is 364 g/mol. The van der Waals surface area contributed by atoms with Crippen LogP contribution in [0.5, 0.6) is 0 Å². The zero-order valence-electron chi connectivity index (χ0n) is 11.8. The highest BCUT2D eigenvalue weighted by Crippen LogP contribution is 2.28. The normalized spacial score (nSPS) is 12.1. The number of anilines is 1. The highest BCUT2D eigenvalue weighted by atomic mass is 79.9. The van der Waals surface area contributed by atoms with E-state index in [9.17, 15) is 8.42 Å². The van der Waals surface area contributed by atoms with Crippen LogP contribution in [0.3, 0.4) is 0 Å². The molecular formula is C13H21BrN2O3S. The molecule has 0 atom stereocenters. The SMILES string of the molecule is CCCCN(CCO)S(=O)(=O)c1cc(Br)cc(N)c1C. The van der Waals surface area contributed by atoms with Crippen LogP contribution >= 0.6 is 15.9 Å². The van der Waals surface area contributed by atoms with E-state index in [0.29, 0.717) is 22.3 Å². The predicted molar refractivity (Wildman–Crippen MR) is 84.0 cm³/mol. The first-order chi connectivity index (χ1) is 9.34. The minimum Gasteiger partial charge on any atom is -0.398 e. The Morgan fingerprint density at radius 3 is 2.55 bits per heavy atom. The molecule has 1 aromatic carbocycles. The van der Waals surface area contributed by atoms with Crippen molar-refractivity contribution in [1.29, 1.82) is 0 Å². The largest absolute Gasteiger partial charge is 0.398 e. The Morgan fingerprint density at radius 2 is 2.00 bits per heavy atom. The summed E-state index contributed by atoms with van der Waals surface area (Å²) in [7, 11) is -3.65. The molecule has 0 saturated carbocycles. The zero-order valence-corrected chi connectivity index (χ0v) is 14.2. The molecule has 0 aliphatic carbocycles. The van der Waals surface area contributed by atoms with Gasteiger partial charge in [-0.25, -0.2) is 8.42 Å². The molecule has 0 bridgehead atoms. The highest BCUT2D eigenvalue weighted by molar-refractivity contribution is 9.10. The first-order valence-electron chi connectivity index (χ1n) is 6.51. The van der Waals surface area contributed by atoms with Gasteiger partial charge in [-0.15, -0.1) is 0 Å². The Hall–Kier alpha value is -0.630. The standard InChI is InChI=1S/C13H21BrN2O3S/c1-3-4-5-16(6-7-17)20(18,19)13-9-11(14)8-12(15)10(13)2/h8-9,17H,3-7,15H2,1-2H3. The lowest BCUT2D eigenvalue weighted by molar-refractivity contribution is 0.252. The van der Waals surface area contributed by atoms with Gasteiger partial charge in [-0.3, -0.25) is 0 Å². The topological polar surface area (TPSA) is 83.6 Å². The fourth-order valence-electron chi connectivity index (χ4n) is 1.88. The van der Waals surface area contributed by atoms with Crippen LogP contribution in [-0.4, -0.2) is 37.5 Å². The van der Waals surface area contributed by atoms with Gasteiger partial charge in [0.2, 0.25) is 10.0 Å². The van der Waals surface area contributed by atoms with E-state index in [-0.39, 0.29) is 18.0 Å².